The van der Waals surface area contributed by atoms with E-state index in [1.54, 1.807) is 0 Å². The van der Waals surface area contributed by atoms with E-state index in [2.05, 4.69) is 27.2 Å². The van der Waals surface area contributed by atoms with Gasteiger partial charge < -0.3 is 5.11 Å². The van der Waals surface area contributed by atoms with E-state index in [4.69, 9.17) is 10.1 Å². The highest BCUT2D eigenvalue weighted by molar-refractivity contribution is 5.53. The average molecular weight is 348 g/mol. The van der Waals surface area contributed by atoms with Gasteiger partial charge in [-0.15, -0.1) is 0 Å². The number of benzene rings is 2. The number of hydrogen-bond acceptors (Lipinski definition) is 4. The fourth-order valence-corrected chi connectivity index (χ4v) is 3.55. The van der Waals surface area contributed by atoms with Crippen molar-refractivity contribution >= 4 is 0 Å². The first-order chi connectivity index (χ1) is 12.8. The molecule has 2 N–H and O–H groups in total. The van der Waals surface area contributed by atoms with Gasteiger partial charge in [0.15, 0.2) is 5.82 Å². The highest BCUT2D eigenvalue weighted by Gasteiger charge is 2.23. The molecule has 0 atom stereocenters. The maximum absolute atomic E-state index is 9.14. The smallest absolute Gasteiger partial charge is 0.181 e. The van der Waals surface area contributed by atoms with Crippen molar-refractivity contribution in [3.8, 4) is 11.4 Å². The summed E-state index contributed by atoms with van der Waals surface area (Å²) in [6.45, 7) is 3.19. The molecule has 0 amide bonds. The number of hydrogen-bond donors (Lipinski definition) is 2. The Morgan fingerprint density at radius 3 is 2.35 bits per heavy atom. The quantitative estimate of drug-likeness (QED) is 0.742. The summed E-state index contributed by atoms with van der Waals surface area (Å²) in [5.74, 6) is 2.25. The average Bonchev–Trinajstić information content (AvgIpc) is 3.20. The predicted octanol–water partition coefficient (Wildman–Crippen LogP) is 3.34. The molecule has 1 saturated heterocycles. The van der Waals surface area contributed by atoms with Crippen molar-refractivity contribution in [2.75, 3.05) is 13.1 Å². The molecule has 1 aliphatic heterocycles. The SMILES string of the molecule is OCc1ccc(CN2CCC(c3nc(-c4ccccc4)n[nH]3)CC2)cc1. The summed E-state index contributed by atoms with van der Waals surface area (Å²) in [4.78, 5) is 7.21. The molecule has 26 heavy (non-hydrogen) atoms. The summed E-state index contributed by atoms with van der Waals surface area (Å²) in [7, 11) is 0. The number of H-pyrrole nitrogens is 1. The normalized spacial score (nSPS) is 16.0. The minimum atomic E-state index is 0.105. The van der Waals surface area contributed by atoms with Crippen LogP contribution in [0.25, 0.3) is 11.4 Å². The molecule has 5 nitrogen and oxygen atoms in total. The molecule has 4 rings (SSSR count). The molecule has 2 aromatic carbocycles. The lowest BCUT2D eigenvalue weighted by Crippen LogP contribution is -2.32. The number of aromatic nitrogens is 3. The first-order valence-corrected chi connectivity index (χ1v) is 9.20. The highest BCUT2D eigenvalue weighted by Crippen LogP contribution is 2.27. The Kier molecular flexibility index (Phi) is 5.09. The van der Waals surface area contributed by atoms with Gasteiger partial charge in [0.2, 0.25) is 0 Å². The lowest BCUT2D eigenvalue weighted by molar-refractivity contribution is 0.202. The molecule has 3 aromatic rings. The number of nitrogens with zero attached hydrogens (tertiary/aromatic N) is 3. The first kappa shape index (κ1) is 16.9. The van der Waals surface area contributed by atoms with Crippen molar-refractivity contribution in [3.05, 3.63) is 71.5 Å². The molecule has 0 bridgehead atoms. The van der Waals surface area contributed by atoms with E-state index in [1.165, 1.54) is 5.56 Å². The fourth-order valence-electron chi connectivity index (χ4n) is 3.55. The Morgan fingerprint density at radius 1 is 0.962 bits per heavy atom. The maximum Gasteiger partial charge on any atom is 0.181 e. The summed E-state index contributed by atoms with van der Waals surface area (Å²) in [6, 6.07) is 18.3. The molecule has 1 aromatic heterocycles. The number of rotatable bonds is 5. The molecule has 134 valence electrons. The van der Waals surface area contributed by atoms with Gasteiger partial charge in [-0.2, -0.15) is 5.10 Å². The second kappa shape index (κ2) is 7.81. The van der Waals surface area contributed by atoms with Crippen LogP contribution < -0.4 is 0 Å². The molecule has 0 radical (unpaired) electrons. The standard InChI is InChI=1S/C21H24N4O/c26-15-17-8-6-16(7-9-17)14-25-12-10-19(11-13-25)21-22-20(23-24-21)18-4-2-1-3-5-18/h1-9,19,26H,10-15H2,(H,22,23,24). The minimum absolute atomic E-state index is 0.105. The number of aromatic amines is 1. The summed E-state index contributed by atoms with van der Waals surface area (Å²) in [6.07, 6.45) is 2.19. The molecular formula is C21H24N4O. The largest absolute Gasteiger partial charge is 0.392 e. The Labute approximate surface area is 153 Å². The van der Waals surface area contributed by atoms with E-state index in [1.807, 2.05) is 42.5 Å². The van der Waals surface area contributed by atoms with Crippen LogP contribution in [0.5, 0.6) is 0 Å². The Morgan fingerprint density at radius 2 is 1.65 bits per heavy atom. The first-order valence-electron chi connectivity index (χ1n) is 9.20. The Hall–Kier alpha value is -2.50. The molecule has 0 spiro atoms. The highest BCUT2D eigenvalue weighted by atomic mass is 16.3. The Bertz CT molecular complexity index is 821. The van der Waals surface area contributed by atoms with E-state index in [0.29, 0.717) is 5.92 Å². The number of nitrogens with one attached hydrogen (secondary N) is 1. The molecule has 5 heteroatoms. The molecule has 1 fully saturated rings. The second-order valence-electron chi connectivity index (χ2n) is 6.94. The monoisotopic (exact) mass is 348 g/mol. The minimum Gasteiger partial charge on any atom is -0.392 e. The lowest BCUT2D eigenvalue weighted by atomic mass is 9.95. The van der Waals surface area contributed by atoms with Crippen molar-refractivity contribution in [1.29, 1.82) is 0 Å². The van der Waals surface area contributed by atoms with Gasteiger partial charge in [0, 0.05) is 18.0 Å². The molecule has 0 unspecified atom stereocenters. The van der Waals surface area contributed by atoms with Gasteiger partial charge in [-0.1, -0.05) is 54.6 Å². The van der Waals surface area contributed by atoms with Gasteiger partial charge in [-0.3, -0.25) is 10.00 Å². The second-order valence-corrected chi connectivity index (χ2v) is 6.94. The van der Waals surface area contributed by atoms with Crippen molar-refractivity contribution in [2.24, 2.45) is 0 Å². The molecule has 1 aliphatic rings. The number of piperidine rings is 1. The maximum atomic E-state index is 9.14. The van der Waals surface area contributed by atoms with Crippen LogP contribution in [-0.4, -0.2) is 38.3 Å². The molecule has 2 heterocycles. The van der Waals surface area contributed by atoms with E-state index >= 15 is 0 Å². The van der Waals surface area contributed by atoms with E-state index < -0.39 is 0 Å². The van der Waals surface area contributed by atoms with Crippen molar-refractivity contribution < 1.29 is 5.11 Å². The fraction of sp³-hybridized carbons (Fsp3) is 0.333. The zero-order valence-corrected chi connectivity index (χ0v) is 14.8. The van der Waals surface area contributed by atoms with Gasteiger partial charge >= 0.3 is 0 Å². The van der Waals surface area contributed by atoms with Crippen LogP contribution in [-0.2, 0) is 13.2 Å². The van der Waals surface area contributed by atoms with Crippen LogP contribution in [0.15, 0.2) is 54.6 Å². The van der Waals surface area contributed by atoms with Crippen LogP contribution in [0.1, 0.15) is 35.7 Å². The topological polar surface area (TPSA) is 65.0 Å². The van der Waals surface area contributed by atoms with Crippen molar-refractivity contribution in [1.82, 2.24) is 20.1 Å². The number of likely N-dealkylation sites (tertiary alicyclic amines) is 1. The van der Waals surface area contributed by atoms with E-state index in [0.717, 1.165) is 55.3 Å². The third-order valence-corrected chi connectivity index (χ3v) is 5.12. The number of aliphatic hydroxyl groups is 1. The zero-order chi connectivity index (χ0) is 17.8. The predicted molar refractivity (Wildman–Crippen MR) is 101 cm³/mol. The van der Waals surface area contributed by atoms with Gasteiger partial charge in [-0.05, 0) is 37.1 Å². The van der Waals surface area contributed by atoms with Gasteiger partial charge in [0.1, 0.15) is 5.82 Å². The van der Waals surface area contributed by atoms with Gasteiger partial charge in [-0.25, -0.2) is 4.98 Å². The Balaban J connectivity index is 1.34. The van der Waals surface area contributed by atoms with Crippen molar-refractivity contribution in [3.63, 3.8) is 0 Å². The van der Waals surface area contributed by atoms with Crippen LogP contribution in [0.2, 0.25) is 0 Å². The van der Waals surface area contributed by atoms with Crippen LogP contribution in [0, 0.1) is 0 Å². The van der Waals surface area contributed by atoms with E-state index in [-0.39, 0.29) is 6.61 Å². The van der Waals surface area contributed by atoms with Crippen LogP contribution in [0.4, 0.5) is 0 Å². The lowest BCUT2D eigenvalue weighted by Gasteiger charge is -2.30. The van der Waals surface area contributed by atoms with Crippen molar-refractivity contribution in [2.45, 2.75) is 31.9 Å². The summed E-state index contributed by atoms with van der Waals surface area (Å²) < 4.78 is 0. The summed E-state index contributed by atoms with van der Waals surface area (Å²) in [5.41, 5.74) is 3.32. The number of aliphatic hydroxyl groups excluding tert-OH is 1. The molecule has 0 saturated carbocycles. The van der Waals surface area contributed by atoms with Crippen LogP contribution >= 0.6 is 0 Å². The molecule has 0 aliphatic carbocycles. The van der Waals surface area contributed by atoms with Crippen LogP contribution in [0.3, 0.4) is 0 Å². The molecular weight excluding hydrogens is 324 g/mol. The third-order valence-electron chi connectivity index (χ3n) is 5.12. The zero-order valence-electron chi connectivity index (χ0n) is 14.8. The third kappa shape index (κ3) is 3.84. The summed E-state index contributed by atoms with van der Waals surface area (Å²) >= 11 is 0. The van der Waals surface area contributed by atoms with E-state index in [9.17, 15) is 0 Å². The van der Waals surface area contributed by atoms with Gasteiger partial charge in [0.25, 0.3) is 0 Å². The van der Waals surface area contributed by atoms with Gasteiger partial charge in [0.05, 0.1) is 6.61 Å². The summed E-state index contributed by atoms with van der Waals surface area (Å²) in [5, 5.41) is 16.7.